The van der Waals surface area contributed by atoms with Crippen LogP contribution in [0.1, 0.15) is 5.56 Å². The molecule has 2 rings (SSSR count). The summed E-state index contributed by atoms with van der Waals surface area (Å²) in [5, 5.41) is 9.21. The topological polar surface area (TPSA) is 57.6 Å². The lowest BCUT2D eigenvalue weighted by Crippen LogP contribution is -2.27. The van der Waals surface area contributed by atoms with Crippen LogP contribution < -0.4 is 4.31 Å². The van der Waals surface area contributed by atoms with Crippen molar-refractivity contribution < 1.29 is 13.5 Å². The third-order valence-corrected chi connectivity index (χ3v) is 4.57. The van der Waals surface area contributed by atoms with E-state index in [4.69, 9.17) is 0 Å². The summed E-state index contributed by atoms with van der Waals surface area (Å²) in [5.41, 5.74) is 1.27. The molecule has 1 N–H and O–H groups in total. The minimum absolute atomic E-state index is 0.0504. The van der Waals surface area contributed by atoms with Crippen LogP contribution in [0.15, 0.2) is 54.6 Å². The lowest BCUT2D eigenvalue weighted by molar-refractivity contribution is 0.475. The molecule has 0 spiro atoms. The molecule has 5 heteroatoms. The molecule has 0 aliphatic heterocycles. The van der Waals surface area contributed by atoms with Crippen molar-refractivity contribution >= 4 is 15.7 Å². The van der Waals surface area contributed by atoms with E-state index < -0.39 is 10.0 Å². The van der Waals surface area contributed by atoms with Crippen LogP contribution in [0, 0.1) is 0 Å². The lowest BCUT2D eigenvalue weighted by Gasteiger charge is -2.19. The van der Waals surface area contributed by atoms with E-state index in [9.17, 15) is 13.5 Å². The molecule has 2 aromatic rings. The molecule has 100 valence electrons. The molecule has 0 fully saturated rings. The van der Waals surface area contributed by atoms with Crippen molar-refractivity contribution in [3.8, 4) is 5.75 Å². The van der Waals surface area contributed by atoms with Gasteiger partial charge in [-0.1, -0.05) is 30.3 Å². The van der Waals surface area contributed by atoms with Gasteiger partial charge in [0, 0.05) is 7.05 Å². The highest BCUT2D eigenvalue weighted by atomic mass is 32.2. The number of anilines is 1. The first-order valence-electron chi connectivity index (χ1n) is 5.78. The Balaban J connectivity index is 2.22. The molecule has 0 atom stereocenters. The van der Waals surface area contributed by atoms with E-state index in [0.717, 1.165) is 5.56 Å². The molecule has 0 saturated carbocycles. The minimum Gasteiger partial charge on any atom is -0.508 e. The Kier molecular flexibility index (Phi) is 3.76. The van der Waals surface area contributed by atoms with Crippen LogP contribution in [0.3, 0.4) is 0 Å². The maximum Gasteiger partial charge on any atom is 0.239 e. The van der Waals surface area contributed by atoms with Gasteiger partial charge in [0.1, 0.15) is 5.75 Å². The number of rotatable bonds is 4. The molecular formula is C14H15NO3S. The first kappa shape index (κ1) is 13.4. The van der Waals surface area contributed by atoms with Gasteiger partial charge >= 0.3 is 0 Å². The Morgan fingerprint density at radius 3 is 2.16 bits per heavy atom. The van der Waals surface area contributed by atoms with Gasteiger partial charge in [0.05, 0.1) is 11.4 Å². The predicted molar refractivity (Wildman–Crippen MR) is 75.6 cm³/mol. The first-order valence-corrected chi connectivity index (χ1v) is 7.39. The van der Waals surface area contributed by atoms with Crippen LogP contribution in [-0.4, -0.2) is 20.6 Å². The lowest BCUT2D eigenvalue weighted by atomic mass is 10.2. The van der Waals surface area contributed by atoms with Gasteiger partial charge in [-0.05, 0) is 29.8 Å². The molecule has 0 aliphatic carbocycles. The van der Waals surface area contributed by atoms with Gasteiger partial charge in [0.25, 0.3) is 0 Å². The molecule has 0 aliphatic rings. The SMILES string of the molecule is CN(c1ccc(O)cc1)S(=O)(=O)Cc1ccccc1. The fraction of sp³-hybridized carbons (Fsp3) is 0.143. The Morgan fingerprint density at radius 2 is 1.58 bits per heavy atom. The number of phenolic OH excluding ortho intramolecular Hbond substituents is 1. The third kappa shape index (κ3) is 3.26. The molecule has 2 aromatic carbocycles. The van der Waals surface area contributed by atoms with Crippen molar-refractivity contribution in [3.05, 3.63) is 60.2 Å². The summed E-state index contributed by atoms with van der Waals surface area (Å²) in [4.78, 5) is 0. The smallest absolute Gasteiger partial charge is 0.239 e. The van der Waals surface area contributed by atoms with Crippen molar-refractivity contribution in [2.45, 2.75) is 5.75 Å². The van der Waals surface area contributed by atoms with Crippen LogP contribution in [0.5, 0.6) is 5.75 Å². The van der Waals surface area contributed by atoms with Gasteiger partial charge in [0.2, 0.25) is 10.0 Å². The van der Waals surface area contributed by atoms with Gasteiger partial charge in [-0.2, -0.15) is 0 Å². The zero-order valence-corrected chi connectivity index (χ0v) is 11.3. The monoisotopic (exact) mass is 277 g/mol. The molecule has 0 amide bonds. The number of sulfonamides is 1. The second kappa shape index (κ2) is 5.32. The maximum absolute atomic E-state index is 12.2. The number of hydrogen-bond donors (Lipinski definition) is 1. The summed E-state index contributed by atoms with van der Waals surface area (Å²) in [5.74, 6) is 0.0585. The van der Waals surface area contributed by atoms with Crippen LogP contribution in [0.25, 0.3) is 0 Å². The van der Waals surface area contributed by atoms with Crippen LogP contribution in [-0.2, 0) is 15.8 Å². The highest BCUT2D eigenvalue weighted by molar-refractivity contribution is 7.92. The van der Waals surface area contributed by atoms with E-state index >= 15 is 0 Å². The first-order chi connectivity index (χ1) is 8.99. The van der Waals surface area contributed by atoms with Crippen molar-refractivity contribution in [2.24, 2.45) is 0 Å². The number of benzene rings is 2. The molecular weight excluding hydrogens is 262 g/mol. The van der Waals surface area contributed by atoms with Crippen LogP contribution in [0.4, 0.5) is 5.69 Å². The summed E-state index contributed by atoms with van der Waals surface area (Å²) < 4.78 is 25.7. The number of nitrogens with zero attached hydrogens (tertiary/aromatic N) is 1. The molecule has 0 saturated heterocycles. The van der Waals surface area contributed by atoms with Crippen LogP contribution in [0.2, 0.25) is 0 Å². The molecule has 0 unspecified atom stereocenters. The second-order valence-electron chi connectivity index (χ2n) is 4.23. The van der Waals surface area contributed by atoms with Gasteiger partial charge in [-0.15, -0.1) is 0 Å². The van der Waals surface area contributed by atoms with Crippen molar-refractivity contribution in [3.63, 3.8) is 0 Å². The van der Waals surface area contributed by atoms with Crippen LogP contribution >= 0.6 is 0 Å². The highest BCUT2D eigenvalue weighted by Crippen LogP contribution is 2.21. The van der Waals surface area contributed by atoms with Crippen molar-refractivity contribution in [1.29, 1.82) is 0 Å². The quantitative estimate of drug-likeness (QED) is 0.933. The summed E-state index contributed by atoms with van der Waals surface area (Å²) in [6.45, 7) is 0. The normalized spacial score (nSPS) is 11.2. The van der Waals surface area contributed by atoms with E-state index in [2.05, 4.69) is 0 Å². The molecule has 0 bridgehead atoms. The zero-order valence-electron chi connectivity index (χ0n) is 10.5. The Bertz CT molecular complexity index is 636. The highest BCUT2D eigenvalue weighted by Gasteiger charge is 2.18. The van der Waals surface area contributed by atoms with Gasteiger partial charge in [0.15, 0.2) is 0 Å². The molecule has 0 heterocycles. The molecule has 19 heavy (non-hydrogen) atoms. The second-order valence-corrected chi connectivity index (χ2v) is 6.23. The van der Waals surface area contributed by atoms with E-state index in [1.54, 1.807) is 24.3 Å². The fourth-order valence-electron chi connectivity index (χ4n) is 1.70. The molecule has 0 radical (unpaired) electrons. The summed E-state index contributed by atoms with van der Waals surface area (Å²) in [6, 6.07) is 15.1. The zero-order chi connectivity index (χ0) is 13.9. The van der Waals surface area contributed by atoms with E-state index in [-0.39, 0.29) is 11.5 Å². The van der Waals surface area contributed by atoms with E-state index in [1.807, 2.05) is 18.2 Å². The number of aromatic hydroxyl groups is 1. The van der Waals surface area contributed by atoms with Gasteiger partial charge in [-0.3, -0.25) is 4.31 Å². The fourth-order valence-corrected chi connectivity index (χ4v) is 2.96. The van der Waals surface area contributed by atoms with Crippen molar-refractivity contribution in [2.75, 3.05) is 11.4 Å². The summed E-state index contributed by atoms with van der Waals surface area (Å²) >= 11 is 0. The Hall–Kier alpha value is -2.01. The average Bonchev–Trinajstić information content (AvgIpc) is 2.39. The number of hydrogen-bond acceptors (Lipinski definition) is 3. The van der Waals surface area contributed by atoms with E-state index in [0.29, 0.717) is 5.69 Å². The largest absolute Gasteiger partial charge is 0.508 e. The van der Waals surface area contributed by atoms with Gasteiger partial charge in [-0.25, -0.2) is 8.42 Å². The molecule has 4 nitrogen and oxygen atoms in total. The third-order valence-electron chi connectivity index (χ3n) is 2.82. The predicted octanol–water partition coefficient (Wildman–Crippen LogP) is 2.36. The van der Waals surface area contributed by atoms with Crippen molar-refractivity contribution in [1.82, 2.24) is 0 Å². The summed E-state index contributed by atoms with van der Waals surface area (Å²) in [7, 11) is -1.92. The minimum atomic E-state index is -3.43. The van der Waals surface area contributed by atoms with E-state index in [1.165, 1.54) is 23.5 Å². The Labute approximate surface area is 113 Å². The van der Waals surface area contributed by atoms with Gasteiger partial charge < -0.3 is 5.11 Å². The summed E-state index contributed by atoms with van der Waals surface area (Å²) in [6.07, 6.45) is 0. The standard InChI is InChI=1S/C14H15NO3S/c1-15(13-7-9-14(16)10-8-13)19(17,18)11-12-5-3-2-4-6-12/h2-10,16H,11H2,1H3. The maximum atomic E-state index is 12.2. The Morgan fingerprint density at radius 1 is 1.00 bits per heavy atom. The number of phenols is 1. The average molecular weight is 277 g/mol. The molecule has 0 aromatic heterocycles.